The Morgan fingerprint density at radius 3 is 2.65 bits per heavy atom. The minimum absolute atomic E-state index is 0.115. The van der Waals surface area contributed by atoms with Crippen molar-refractivity contribution in [2.75, 3.05) is 0 Å². The second-order valence-electron chi connectivity index (χ2n) is 6.95. The molecule has 0 unspecified atom stereocenters. The van der Waals surface area contributed by atoms with Crippen molar-refractivity contribution in [3.05, 3.63) is 53.2 Å². The summed E-state index contributed by atoms with van der Waals surface area (Å²) in [4.78, 5) is 22.0. The third-order valence-corrected chi connectivity index (χ3v) is 4.63. The molecule has 0 fully saturated rings. The molecule has 26 heavy (non-hydrogen) atoms. The van der Waals surface area contributed by atoms with Crippen LogP contribution in [0.25, 0.3) is 10.9 Å². The van der Waals surface area contributed by atoms with E-state index in [0.717, 1.165) is 28.8 Å². The fourth-order valence-electron chi connectivity index (χ4n) is 3.15. The van der Waals surface area contributed by atoms with E-state index in [-0.39, 0.29) is 17.9 Å². The van der Waals surface area contributed by atoms with E-state index in [1.807, 2.05) is 26.1 Å². The summed E-state index contributed by atoms with van der Waals surface area (Å²) in [7, 11) is 1.84. The molecule has 136 valence electrons. The van der Waals surface area contributed by atoms with Gasteiger partial charge in [-0.05, 0) is 43.0 Å². The van der Waals surface area contributed by atoms with E-state index in [9.17, 15) is 4.79 Å². The van der Waals surface area contributed by atoms with Crippen LogP contribution in [0.15, 0.2) is 30.6 Å². The van der Waals surface area contributed by atoms with Gasteiger partial charge in [0.25, 0.3) is 5.91 Å². The third kappa shape index (κ3) is 3.45. The lowest BCUT2D eigenvalue weighted by atomic mass is 10.0. The molecule has 1 atom stereocenters. The van der Waals surface area contributed by atoms with Crippen molar-refractivity contribution in [1.29, 1.82) is 0 Å². The van der Waals surface area contributed by atoms with Crippen molar-refractivity contribution in [3.8, 4) is 0 Å². The molecule has 2 aromatic heterocycles. The maximum atomic E-state index is 13.1. The van der Waals surface area contributed by atoms with Crippen LogP contribution in [0.3, 0.4) is 0 Å². The Morgan fingerprint density at radius 1 is 1.27 bits per heavy atom. The first-order valence-corrected chi connectivity index (χ1v) is 8.95. The molecule has 0 saturated carbocycles. The number of hydrogen-bond donors (Lipinski definition) is 1. The highest BCUT2D eigenvalue weighted by atomic mass is 16.1. The predicted octanol–water partition coefficient (Wildman–Crippen LogP) is 3.36. The SMILES string of the molecule is CCc1ccc2nc(C)cc(C(=O)N[C@@H](c3ncnn3C)C(C)C)c2c1. The van der Waals surface area contributed by atoms with E-state index in [1.54, 1.807) is 4.68 Å². The summed E-state index contributed by atoms with van der Waals surface area (Å²) < 4.78 is 1.70. The second kappa shape index (κ2) is 7.23. The molecule has 1 N–H and O–H groups in total. The van der Waals surface area contributed by atoms with E-state index >= 15 is 0 Å². The molecular weight excluding hydrogens is 326 g/mol. The molecule has 0 saturated heterocycles. The van der Waals surface area contributed by atoms with Gasteiger partial charge in [0, 0.05) is 18.1 Å². The lowest BCUT2D eigenvalue weighted by Crippen LogP contribution is -2.33. The van der Waals surface area contributed by atoms with Gasteiger partial charge in [-0.15, -0.1) is 0 Å². The van der Waals surface area contributed by atoms with Crippen LogP contribution in [0.1, 0.15) is 54.3 Å². The number of aryl methyl sites for hydroxylation is 3. The zero-order valence-corrected chi connectivity index (χ0v) is 15.9. The number of nitrogens with one attached hydrogen (secondary N) is 1. The summed E-state index contributed by atoms with van der Waals surface area (Å²) in [6.07, 6.45) is 2.43. The Hall–Kier alpha value is -2.76. The molecular formula is C20H25N5O. The number of nitrogens with zero attached hydrogens (tertiary/aromatic N) is 4. The largest absolute Gasteiger partial charge is 0.342 e. The van der Waals surface area contributed by atoms with Gasteiger partial charge in [0.05, 0.1) is 17.1 Å². The maximum Gasteiger partial charge on any atom is 0.252 e. The Balaban J connectivity index is 2.02. The second-order valence-corrected chi connectivity index (χ2v) is 6.95. The van der Waals surface area contributed by atoms with Crippen molar-refractivity contribution in [1.82, 2.24) is 25.1 Å². The first kappa shape index (κ1) is 18.0. The van der Waals surface area contributed by atoms with Gasteiger partial charge >= 0.3 is 0 Å². The number of amides is 1. The first-order chi connectivity index (χ1) is 12.4. The van der Waals surface area contributed by atoms with Gasteiger partial charge in [-0.1, -0.05) is 26.8 Å². The fraction of sp³-hybridized carbons (Fsp3) is 0.400. The molecule has 1 amide bonds. The number of hydrogen-bond acceptors (Lipinski definition) is 4. The Bertz CT molecular complexity index is 945. The number of carbonyl (C=O) groups is 1. The fourth-order valence-corrected chi connectivity index (χ4v) is 3.15. The van der Waals surface area contributed by atoms with Crippen LogP contribution in [-0.4, -0.2) is 25.7 Å². The van der Waals surface area contributed by atoms with E-state index in [0.29, 0.717) is 5.56 Å². The van der Waals surface area contributed by atoms with Crippen molar-refractivity contribution in [2.45, 2.75) is 40.2 Å². The van der Waals surface area contributed by atoms with Gasteiger partial charge in [0.2, 0.25) is 0 Å². The topological polar surface area (TPSA) is 72.7 Å². The quantitative estimate of drug-likeness (QED) is 0.765. The molecule has 6 heteroatoms. The highest BCUT2D eigenvalue weighted by Crippen LogP contribution is 2.24. The Labute approximate surface area is 153 Å². The van der Waals surface area contributed by atoms with Crippen LogP contribution in [0.5, 0.6) is 0 Å². The van der Waals surface area contributed by atoms with Gasteiger partial charge in [0.15, 0.2) is 0 Å². The van der Waals surface area contributed by atoms with Crippen LogP contribution in [0.2, 0.25) is 0 Å². The van der Waals surface area contributed by atoms with Crippen LogP contribution in [0, 0.1) is 12.8 Å². The van der Waals surface area contributed by atoms with Gasteiger partial charge in [0.1, 0.15) is 12.2 Å². The van der Waals surface area contributed by atoms with Crippen LogP contribution in [0.4, 0.5) is 0 Å². The van der Waals surface area contributed by atoms with Crippen molar-refractivity contribution in [3.63, 3.8) is 0 Å². The van der Waals surface area contributed by atoms with E-state index < -0.39 is 0 Å². The molecule has 3 rings (SSSR count). The first-order valence-electron chi connectivity index (χ1n) is 8.95. The van der Waals surface area contributed by atoms with Crippen LogP contribution in [-0.2, 0) is 13.5 Å². The number of pyridine rings is 1. The summed E-state index contributed by atoms with van der Waals surface area (Å²) >= 11 is 0. The average molecular weight is 351 g/mol. The molecule has 0 aliphatic carbocycles. The van der Waals surface area contributed by atoms with E-state index in [4.69, 9.17) is 0 Å². The zero-order valence-electron chi connectivity index (χ0n) is 15.9. The minimum atomic E-state index is -0.215. The maximum absolute atomic E-state index is 13.1. The van der Waals surface area contributed by atoms with Gasteiger partial charge in [-0.2, -0.15) is 5.10 Å². The predicted molar refractivity (Wildman–Crippen MR) is 102 cm³/mol. The van der Waals surface area contributed by atoms with Crippen molar-refractivity contribution < 1.29 is 4.79 Å². The lowest BCUT2D eigenvalue weighted by Gasteiger charge is -2.22. The lowest BCUT2D eigenvalue weighted by molar-refractivity contribution is 0.0923. The van der Waals surface area contributed by atoms with E-state index in [2.05, 4.69) is 53.3 Å². The smallest absolute Gasteiger partial charge is 0.252 e. The zero-order chi connectivity index (χ0) is 18.8. The summed E-state index contributed by atoms with van der Waals surface area (Å²) in [6, 6.07) is 7.75. The summed E-state index contributed by atoms with van der Waals surface area (Å²) in [6.45, 7) is 8.13. The van der Waals surface area contributed by atoms with Crippen molar-refractivity contribution >= 4 is 16.8 Å². The number of carbonyl (C=O) groups excluding carboxylic acids is 1. The molecule has 6 nitrogen and oxygen atoms in total. The molecule has 0 bridgehead atoms. The number of fused-ring (bicyclic) bond motifs is 1. The monoisotopic (exact) mass is 351 g/mol. The Morgan fingerprint density at radius 2 is 2.04 bits per heavy atom. The normalized spacial score (nSPS) is 12.5. The van der Waals surface area contributed by atoms with Crippen molar-refractivity contribution in [2.24, 2.45) is 13.0 Å². The average Bonchev–Trinajstić information content (AvgIpc) is 3.03. The van der Waals surface area contributed by atoms with Gasteiger partial charge < -0.3 is 5.32 Å². The Kier molecular flexibility index (Phi) is 5.02. The summed E-state index contributed by atoms with van der Waals surface area (Å²) in [5.74, 6) is 0.815. The number of aromatic nitrogens is 4. The molecule has 0 aliphatic rings. The molecule has 0 spiro atoms. The standard InChI is InChI=1S/C20H25N5O/c1-6-14-7-8-17-15(10-14)16(9-13(4)23-17)20(26)24-18(12(2)3)19-21-11-22-25(19)5/h7-12,18H,6H2,1-5H3,(H,24,26)/t18-/m1/s1. The molecule has 1 aromatic carbocycles. The van der Waals surface area contributed by atoms with Crippen LogP contribution < -0.4 is 5.32 Å². The van der Waals surface area contributed by atoms with Gasteiger partial charge in [-0.3, -0.25) is 14.5 Å². The molecule has 2 heterocycles. The highest BCUT2D eigenvalue weighted by Gasteiger charge is 2.24. The van der Waals surface area contributed by atoms with E-state index in [1.165, 1.54) is 11.9 Å². The number of benzene rings is 1. The van der Waals surface area contributed by atoms with Gasteiger partial charge in [-0.25, -0.2) is 4.98 Å². The minimum Gasteiger partial charge on any atom is -0.342 e. The molecule has 0 radical (unpaired) electrons. The molecule has 0 aliphatic heterocycles. The summed E-state index contributed by atoms with van der Waals surface area (Å²) in [5, 5.41) is 8.16. The third-order valence-electron chi connectivity index (χ3n) is 4.63. The van der Waals surface area contributed by atoms with Crippen LogP contribution >= 0.6 is 0 Å². The molecule has 3 aromatic rings. The highest BCUT2D eigenvalue weighted by molar-refractivity contribution is 6.06. The number of rotatable bonds is 5. The summed E-state index contributed by atoms with van der Waals surface area (Å²) in [5.41, 5.74) is 3.50.